The van der Waals surface area contributed by atoms with Crippen molar-refractivity contribution >= 4 is 23.0 Å². The average molecular weight is 331 g/mol. The fourth-order valence-electron chi connectivity index (χ4n) is 3.29. The minimum Gasteiger partial charge on any atom is -0.497 e. The lowest BCUT2D eigenvalue weighted by molar-refractivity contribution is 0.399. The molecular formula is C19H23ClN2O. The number of nitrogens with zero attached hydrogens (tertiary/aromatic N) is 1. The fourth-order valence-corrected chi connectivity index (χ4v) is 3.60. The Kier molecular flexibility index (Phi) is 4.97. The van der Waals surface area contributed by atoms with Crippen LogP contribution in [0.5, 0.6) is 5.75 Å². The highest BCUT2D eigenvalue weighted by Gasteiger charge is 2.21. The minimum atomic E-state index is 0.714. The minimum absolute atomic E-state index is 0.714. The maximum absolute atomic E-state index is 6.33. The quantitative estimate of drug-likeness (QED) is 0.845. The largest absolute Gasteiger partial charge is 0.497 e. The van der Waals surface area contributed by atoms with Crippen molar-refractivity contribution < 1.29 is 4.74 Å². The topological polar surface area (TPSA) is 38.5 Å². The molecule has 1 saturated heterocycles. The smallest absolute Gasteiger partial charge is 0.119 e. The Morgan fingerprint density at radius 3 is 2.65 bits per heavy atom. The third kappa shape index (κ3) is 3.91. The monoisotopic (exact) mass is 330 g/mol. The van der Waals surface area contributed by atoms with Crippen LogP contribution < -0.4 is 15.4 Å². The third-order valence-electron chi connectivity index (χ3n) is 4.59. The van der Waals surface area contributed by atoms with Gasteiger partial charge < -0.3 is 15.4 Å². The van der Waals surface area contributed by atoms with Crippen LogP contribution in [0.1, 0.15) is 18.4 Å². The van der Waals surface area contributed by atoms with Gasteiger partial charge in [-0.3, -0.25) is 0 Å². The summed E-state index contributed by atoms with van der Waals surface area (Å²) in [6, 6.07) is 14.2. The lowest BCUT2D eigenvalue weighted by Crippen LogP contribution is -2.34. The van der Waals surface area contributed by atoms with E-state index < -0.39 is 0 Å². The van der Waals surface area contributed by atoms with E-state index in [0.717, 1.165) is 36.0 Å². The van der Waals surface area contributed by atoms with Crippen LogP contribution in [0.25, 0.3) is 0 Å². The maximum Gasteiger partial charge on any atom is 0.119 e. The summed E-state index contributed by atoms with van der Waals surface area (Å²) in [6.07, 6.45) is 3.47. The molecule has 1 aliphatic rings. The number of hydrogen-bond donors (Lipinski definition) is 1. The number of halogens is 1. The lowest BCUT2D eigenvalue weighted by Gasteiger charge is -2.34. The number of methoxy groups -OCH3 is 1. The number of nitrogens with two attached hydrogens (primary N) is 1. The fraction of sp³-hybridized carbons (Fsp3) is 0.368. The van der Waals surface area contributed by atoms with E-state index in [9.17, 15) is 0 Å². The van der Waals surface area contributed by atoms with Gasteiger partial charge in [-0.05, 0) is 61.1 Å². The predicted molar refractivity (Wildman–Crippen MR) is 97.5 cm³/mol. The zero-order chi connectivity index (χ0) is 16.2. The van der Waals surface area contributed by atoms with Gasteiger partial charge in [-0.25, -0.2) is 0 Å². The van der Waals surface area contributed by atoms with E-state index in [1.54, 1.807) is 7.11 Å². The second-order valence-corrected chi connectivity index (χ2v) is 6.60. The van der Waals surface area contributed by atoms with Gasteiger partial charge >= 0.3 is 0 Å². The van der Waals surface area contributed by atoms with Gasteiger partial charge in [-0.1, -0.05) is 23.7 Å². The molecule has 3 nitrogen and oxygen atoms in total. The van der Waals surface area contributed by atoms with Crippen LogP contribution in [-0.4, -0.2) is 20.2 Å². The molecule has 1 fully saturated rings. The first-order valence-electron chi connectivity index (χ1n) is 8.08. The molecule has 2 aromatic carbocycles. The molecule has 0 spiro atoms. The molecule has 0 saturated carbocycles. The molecule has 0 aliphatic carbocycles. The van der Waals surface area contributed by atoms with Crippen molar-refractivity contribution in [2.45, 2.75) is 19.3 Å². The van der Waals surface area contributed by atoms with Gasteiger partial charge in [0.2, 0.25) is 0 Å². The second kappa shape index (κ2) is 7.14. The van der Waals surface area contributed by atoms with Crippen molar-refractivity contribution in [1.29, 1.82) is 0 Å². The normalized spacial score (nSPS) is 15.7. The number of hydrogen-bond acceptors (Lipinski definition) is 3. The molecule has 2 aromatic rings. The first-order chi connectivity index (χ1) is 11.2. The summed E-state index contributed by atoms with van der Waals surface area (Å²) in [6.45, 7) is 2.08. The van der Waals surface area contributed by atoms with E-state index in [-0.39, 0.29) is 0 Å². The molecular weight excluding hydrogens is 308 g/mol. The van der Waals surface area contributed by atoms with Crippen LogP contribution in [0.4, 0.5) is 11.4 Å². The number of ether oxygens (including phenoxy) is 1. The number of nitrogen functional groups attached to an aromatic ring is 1. The first-order valence-corrected chi connectivity index (χ1v) is 8.46. The predicted octanol–water partition coefficient (Wildman–Crippen LogP) is 4.39. The van der Waals surface area contributed by atoms with Gasteiger partial charge in [0.15, 0.2) is 0 Å². The lowest BCUT2D eigenvalue weighted by atomic mass is 9.90. The standard InChI is InChI=1S/C19H23ClN2O/c1-23-17-4-2-3-15(12-17)11-14-7-9-22(10-8-14)19-6-5-16(21)13-18(19)20/h2-6,12-14H,7-11,21H2,1H3. The van der Waals surface area contributed by atoms with Crippen LogP contribution in [0.15, 0.2) is 42.5 Å². The van der Waals surface area contributed by atoms with Crippen molar-refractivity contribution in [3.05, 3.63) is 53.1 Å². The summed E-state index contributed by atoms with van der Waals surface area (Å²) in [5.74, 6) is 1.65. The molecule has 0 bridgehead atoms. The number of piperidine rings is 1. The van der Waals surface area contributed by atoms with Gasteiger partial charge in [0, 0.05) is 18.8 Å². The van der Waals surface area contributed by atoms with Crippen molar-refractivity contribution in [2.24, 2.45) is 5.92 Å². The summed E-state index contributed by atoms with van der Waals surface area (Å²) in [7, 11) is 1.72. The SMILES string of the molecule is COc1cccc(CC2CCN(c3ccc(N)cc3Cl)CC2)c1. The zero-order valence-corrected chi connectivity index (χ0v) is 14.2. The molecule has 2 N–H and O–H groups in total. The molecule has 1 aliphatic heterocycles. The molecule has 0 radical (unpaired) electrons. The highest BCUT2D eigenvalue weighted by molar-refractivity contribution is 6.33. The Labute approximate surface area is 143 Å². The average Bonchev–Trinajstić information content (AvgIpc) is 2.56. The summed E-state index contributed by atoms with van der Waals surface area (Å²) >= 11 is 6.33. The Morgan fingerprint density at radius 1 is 1.17 bits per heavy atom. The Balaban J connectivity index is 1.59. The molecule has 1 heterocycles. The zero-order valence-electron chi connectivity index (χ0n) is 13.5. The van der Waals surface area contributed by atoms with Crippen LogP contribution in [0.2, 0.25) is 5.02 Å². The van der Waals surface area contributed by atoms with Crippen molar-refractivity contribution in [3.8, 4) is 5.75 Å². The van der Waals surface area contributed by atoms with Gasteiger partial charge in [-0.2, -0.15) is 0 Å². The number of rotatable bonds is 4. The highest BCUT2D eigenvalue weighted by atomic mass is 35.5. The summed E-state index contributed by atoms with van der Waals surface area (Å²) in [5, 5.41) is 0.747. The van der Waals surface area contributed by atoms with Crippen LogP contribution >= 0.6 is 11.6 Å². The molecule has 122 valence electrons. The molecule has 0 unspecified atom stereocenters. The van der Waals surface area contributed by atoms with Crippen LogP contribution in [0.3, 0.4) is 0 Å². The van der Waals surface area contributed by atoms with Crippen LogP contribution in [-0.2, 0) is 6.42 Å². The summed E-state index contributed by atoms with van der Waals surface area (Å²) < 4.78 is 5.31. The van der Waals surface area contributed by atoms with E-state index in [4.69, 9.17) is 22.1 Å². The highest BCUT2D eigenvalue weighted by Crippen LogP contribution is 2.32. The van der Waals surface area contributed by atoms with E-state index in [2.05, 4.69) is 23.1 Å². The van der Waals surface area contributed by atoms with Crippen molar-refractivity contribution in [2.75, 3.05) is 30.8 Å². The maximum atomic E-state index is 6.33. The van der Waals surface area contributed by atoms with Gasteiger partial charge in [0.05, 0.1) is 17.8 Å². The molecule has 0 aromatic heterocycles. The van der Waals surface area contributed by atoms with Crippen molar-refractivity contribution in [1.82, 2.24) is 0 Å². The summed E-state index contributed by atoms with van der Waals surface area (Å²) in [4.78, 5) is 2.36. The van der Waals surface area contributed by atoms with Crippen LogP contribution in [0, 0.1) is 5.92 Å². The molecule has 0 amide bonds. The molecule has 0 atom stereocenters. The Morgan fingerprint density at radius 2 is 1.96 bits per heavy atom. The Hall–Kier alpha value is -1.87. The first kappa shape index (κ1) is 16.0. The second-order valence-electron chi connectivity index (χ2n) is 6.20. The van der Waals surface area contributed by atoms with E-state index >= 15 is 0 Å². The summed E-state index contributed by atoms with van der Waals surface area (Å²) in [5.41, 5.74) is 8.94. The van der Waals surface area contributed by atoms with Gasteiger partial charge in [0.25, 0.3) is 0 Å². The molecule has 23 heavy (non-hydrogen) atoms. The van der Waals surface area contributed by atoms with Gasteiger partial charge in [-0.15, -0.1) is 0 Å². The Bertz CT molecular complexity index is 666. The van der Waals surface area contributed by atoms with E-state index in [1.165, 1.54) is 18.4 Å². The van der Waals surface area contributed by atoms with Gasteiger partial charge in [0.1, 0.15) is 5.75 Å². The van der Waals surface area contributed by atoms with Crippen molar-refractivity contribution in [3.63, 3.8) is 0 Å². The van der Waals surface area contributed by atoms with E-state index in [1.807, 2.05) is 24.3 Å². The number of anilines is 2. The number of benzene rings is 2. The molecule has 3 rings (SSSR count). The molecule has 4 heteroatoms. The van der Waals surface area contributed by atoms with E-state index in [0.29, 0.717) is 11.6 Å². The third-order valence-corrected chi connectivity index (χ3v) is 4.89.